The van der Waals surface area contributed by atoms with Gasteiger partial charge in [-0.15, -0.1) is 0 Å². The van der Waals surface area contributed by atoms with Crippen LogP contribution < -0.4 is 15.8 Å². The molecule has 0 saturated carbocycles. The summed E-state index contributed by atoms with van der Waals surface area (Å²) in [5, 5.41) is 2.99. The molecule has 0 fully saturated rings. The average molecular weight is 341 g/mol. The molecule has 1 atom stereocenters. The first-order valence-corrected chi connectivity index (χ1v) is 7.33. The van der Waals surface area contributed by atoms with Crippen LogP contribution in [-0.4, -0.2) is 33.8 Å². The van der Waals surface area contributed by atoms with Gasteiger partial charge in [0.25, 0.3) is 0 Å². The van der Waals surface area contributed by atoms with Crippen LogP contribution in [0, 0.1) is 0 Å². The van der Waals surface area contributed by atoms with Crippen molar-refractivity contribution < 1.29 is 17.9 Å². The molecule has 0 saturated heterocycles. The molecule has 0 amide bonds. The number of hydrogen-bond acceptors (Lipinski definition) is 6. The van der Waals surface area contributed by atoms with E-state index in [4.69, 9.17) is 5.73 Å². The van der Waals surface area contributed by atoms with Crippen molar-refractivity contribution in [2.75, 3.05) is 17.7 Å². The molecule has 1 aromatic carbocycles. The maximum atomic E-state index is 12.2. The zero-order valence-corrected chi connectivity index (χ0v) is 13.0. The van der Waals surface area contributed by atoms with Gasteiger partial charge in [0.2, 0.25) is 11.9 Å². The molecule has 0 aliphatic carbocycles. The second-order valence-corrected chi connectivity index (χ2v) is 5.27. The number of halogens is 3. The first-order chi connectivity index (χ1) is 11.3. The monoisotopic (exact) mass is 341 g/mol. The molecule has 0 aliphatic heterocycles. The van der Waals surface area contributed by atoms with Crippen LogP contribution >= 0.6 is 0 Å². The van der Waals surface area contributed by atoms with Crippen molar-refractivity contribution in [3.05, 3.63) is 35.9 Å². The van der Waals surface area contributed by atoms with Crippen LogP contribution in [0.15, 0.2) is 30.3 Å². The highest BCUT2D eigenvalue weighted by Gasteiger charge is 2.29. The molecule has 1 aromatic heterocycles. The van der Waals surface area contributed by atoms with E-state index in [1.807, 2.05) is 37.3 Å². The summed E-state index contributed by atoms with van der Waals surface area (Å²) in [5.74, 6) is -0.125. The SMILES string of the molecule is CC(CCc1ccccc1)Nc1nc(N)nc(OCC(F)(F)F)n1. The van der Waals surface area contributed by atoms with Gasteiger partial charge in [-0.1, -0.05) is 30.3 Å². The minimum Gasteiger partial charge on any atom is -0.454 e. The summed E-state index contributed by atoms with van der Waals surface area (Å²) in [6.45, 7) is 0.429. The molecular formula is C15H18F3N5O. The Balaban J connectivity index is 1.92. The molecule has 3 N–H and O–H groups in total. The molecule has 2 aromatic rings. The number of anilines is 2. The van der Waals surface area contributed by atoms with Gasteiger partial charge in [0.1, 0.15) is 0 Å². The zero-order valence-electron chi connectivity index (χ0n) is 13.0. The summed E-state index contributed by atoms with van der Waals surface area (Å²) in [5.41, 5.74) is 6.67. The molecule has 1 heterocycles. The van der Waals surface area contributed by atoms with Crippen molar-refractivity contribution in [2.24, 2.45) is 0 Å². The van der Waals surface area contributed by atoms with Crippen LogP contribution in [0.5, 0.6) is 6.01 Å². The van der Waals surface area contributed by atoms with Gasteiger partial charge in [0, 0.05) is 6.04 Å². The number of hydrogen-bond donors (Lipinski definition) is 2. The second-order valence-electron chi connectivity index (χ2n) is 5.27. The number of aromatic nitrogens is 3. The predicted octanol–water partition coefficient (Wildman–Crippen LogP) is 2.83. The number of aryl methyl sites for hydroxylation is 1. The lowest BCUT2D eigenvalue weighted by atomic mass is 10.1. The Labute approximate surface area is 137 Å². The number of benzene rings is 1. The third-order valence-electron chi connectivity index (χ3n) is 3.08. The Morgan fingerprint density at radius 2 is 1.88 bits per heavy atom. The first-order valence-electron chi connectivity index (χ1n) is 7.33. The molecule has 0 bridgehead atoms. The van der Waals surface area contributed by atoms with Gasteiger partial charge >= 0.3 is 12.2 Å². The lowest BCUT2D eigenvalue weighted by Gasteiger charge is -2.14. The van der Waals surface area contributed by atoms with Crippen molar-refractivity contribution in [3.63, 3.8) is 0 Å². The number of nitrogens with one attached hydrogen (secondary N) is 1. The highest BCUT2D eigenvalue weighted by atomic mass is 19.4. The van der Waals surface area contributed by atoms with Gasteiger partial charge in [-0.05, 0) is 25.3 Å². The topological polar surface area (TPSA) is 86.0 Å². The van der Waals surface area contributed by atoms with Crippen LogP contribution in [0.2, 0.25) is 0 Å². The standard InChI is InChI=1S/C15H18F3N5O/c1-10(7-8-11-5-3-2-4-6-11)20-13-21-12(19)22-14(23-13)24-9-15(16,17)18/h2-6,10H,7-9H2,1H3,(H3,19,20,21,22,23). The Bertz CT molecular complexity index is 651. The fourth-order valence-electron chi connectivity index (χ4n) is 1.97. The van der Waals surface area contributed by atoms with E-state index in [1.54, 1.807) is 0 Å². The molecule has 0 spiro atoms. The van der Waals surface area contributed by atoms with E-state index in [-0.39, 0.29) is 17.9 Å². The lowest BCUT2D eigenvalue weighted by molar-refractivity contribution is -0.154. The van der Waals surface area contributed by atoms with Gasteiger partial charge in [0.05, 0.1) is 0 Å². The summed E-state index contributed by atoms with van der Waals surface area (Å²) < 4.78 is 41.0. The number of nitrogen functional groups attached to an aromatic ring is 1. The maximum absolute atomic E-state index is 12.2. The molecule has 9 heteroatoms. The second kappa shape index (κ2) is 7.80. The number of nitrogens with zero attached hydrogens (tertiary/aromatic N) is 3. The van der Waals surface area contributed by atoms with E-state index in [0.717, 1.165) is 12.8 Å². The summed E-state index contributed by atoms with van der Waals surface area (Å²) in [6, 6.07) is 9.45. The van der Waals surface area contributed by atoms with E-state index in [9.17, 15) is 13.2 Å². The number of ether oxygens (including phenoxy) is 1. The van der Waals surface area contributed by atoms with Gasteiger partial charge < -0.3 is 15.8 Å². The summed E-state index contributed by atoms with van der Waals surface area (Å²) in [6.07, 6.45) is -2.85. The molecule has 24 heavy (non-hydrogen) atoms. The fraction of sp³-hybridized carbons (Fsp3) is 0.400. The summed E-state index contributed by atoms with van der Waals surface area (Å²) in [4.78, 5) is 11.2. The smallest absolute Gasteiger partial charge is 0.422 e. The van der Waals surface area contributed by atoms with Crippen molar-refractivity contribution in [2.45, 2.75) is 32.0 Å². The third-order valence-corrected chi connectivity index (χ3v) is 3.08. The van der Waals surface area contributed by atoms with Crippen molar-refractivity contribution >= 4 is 11.9 Å². The highest BCUT2D eigenvalue weighted by Crippen LogP contribution is 2.17. The number of alkyl halides is 3. The van der Waals surface area contributed by atoms with E-state index in [2.05, 4.69) is 25.0 Å². The Kier molecular flexibility index (Phi) is 5.78. The van der Waals surface area contributed by atoms with Crippen LogP contribution in [0.25, 0.3) is 0 Å². The quantitative estimate of drug-likeness (QED) is 0.805. The average Bonchev–Trinajstić information content (AvgIpc) is 2.51. The molecule has 2 rings (SSSR count). The first kappa shape index (κ1) is 17.8. The van der Waals surface area contributed by atoms with Crippen LogP contribution in [0.4, 0.5) is 25.1 Å². The predicted molar refractivity (Wildman–Crippen MR) is 83.6 cm³/mol. The zero-order chi connectivity index (χ0) is 17.6. The molecule has 130 valence electrons. The van der Waals surface area contributed by atoms with Gasteiger partial charge in [0.15, 0.2) is 6.61 Å². The summed E-state index contributed by atoms with van der Waals surface area (Å²) in [7, 11) is 0. The van der Waals surface area contributed by atoms with E-state index in [1.165, 1.54) is 5.56 Å². The van der Waals surface area contributed by atoms with Crippen molar-refractivity contribution in [1.29, 1.82) is 0 Å². The fourth-order valence-corrected chi connectivity index (χ4v) is 1.97. The van der Waals surface area contributed by atoms with Crippen molar-refractivity contribution in [1.82, 2.24) is 15.0 Å². The number of nitrogens with two attached hydrogens (primary N) is 1. The normalized spacial score (nSPS) is 12.7. The highest BCUT2D eigenvalue weighted by molar-refractivity contribution is 5.33. The molecule has 6 nitrogen and oxygen atoms in total. The molecule has 0 aliphatic rings. The lowest BCUT2D eigenvalue weighted by Crippen LogP contribution is -2.22. The van der Waals surface area contributed by atoms with Crippen LogP contribution in [0.3, 0.4) is 0 Å². The van der Waals surface area contributed by atoms with E-state index < -0.39 is 18.8 Å². The summed E-state index contributed by atoms with van der Waals surface area (Å²) >= 11 is 0. The Morgan fingerprint density at radius 3 is 2.54 bits per heavy atom. The molecular weight excluding hydrogens is 323 g/mol. The van der Waals surface area contributed by atoms with Gasteiger partial charge in [-0.25, -0.2) is 0 Å². The van der Waals surface area contributed by atoms with Gasteiger partial charge in [-0.3, -0.25) is 0 Å². The van der Waals surface area contributed by atoms with Crippen LogP contribution in [0.1, 0.15) is 18.9 Å². The maximum Gasteiger partial charge on any atom is 0.422 e. The largest absolute Gasteiger partial charge is 0.454 e. The van der Waals surface area contributed by atoms with E-state index in [0.29, 0.717) is 0 Å². The Hall–Kier alpha value is -2.58. The minimum absolute atomic E-state index is 0.0116. The molecule has 1 unspecified atom stereocenters. The minimum atomic E-state index is -4.47. The Morgan fingerprint density at radius 1 is 1.17 bits per heavy atom. The van der Waals surface area contributed by atoms with E-state index >= 15 is 0 Å². The van der Waals surface area contributed by atoms with Crippen LogP contribution in [-0.2, 0) is 6.42 Å². The third kappa shape index (κ3) is 6.27. The van der Waals surface area contributed by atoms with Crippen molar-refractivity contribution in [3.8, 4) is 6.01 Å². The molecule has 0 radical (unpaired) electrons. The number of rotatable bonds is 7. The van der Waals surface area contributed by atoms with Gasteiger partial charge in [-0.2, -0.15) is 28.1 Å².